The Morgan fingerprint density at radius 2 is 2.10 bits per heavy atom. The molecular weight excluding hydrogens is 304 g/mol. The van der Waals surface area contributed by atoms with Gasteiger partial charge in [0.1, 0.15) is 0 Å². The molecule has 1 aliphatic heterocycles. The molecule has 1 amide bonds. The average molecular weight is 315 g/mol. The molecular formula is C12H11F2N3O3S. The van der Waals surface area contributed by atoms with Crippen LogP contribution >= 0.6 is 11.3 Å². The topological polar surface area (TPSA) is 86.5 Å². The Hall–Kier alpha value is -2.00. The summed E-state index contributed by atoms with van der Waals surface area (Å²) in [6, 6.07) is 2.77. The van der Waals surface area contributed by atoms with Gasteiger partial charge in [-0.25, -0.2) is 4.98 Å². The molecule has 1 aliphatic rings. The zero-order valence-corrected chi connectivity index (χ0v) is 11.5. The molecule has 0 saturated heterocycles. The number of halogens is 2. The van der Waals surface area contributed by atoms with E-state index < -0.39 is 6.29 Å². The smallest absolute Gasteiger partial charge is 0.395 e. The normalized spacial score (nSPS) is 15.4. The van der Waals surface area contributed by atoms with Gasteiger partial charge in [-0.05, 0) is 13.0 Å². The molecule has 9 heteroatoms. The van der Waals surface area contributed by atoms with Crippen molar-refractivity contribution in [1.29, 1.82) is 0 Å². The van der Waals surface area contributed by atoms with Crippen molar-refractivity contribution in [3.63, 3.8) is 0 Å². The lowest BCUT2D eigenvalue weighted by Gasteiger charge is -2.04. The number of hydrogen-bond donors (Lipinski definition) is 2. The van der Waals surface area contributed by atoms with Gasteiger partial charge in [-0.15, -0.1) is 8.78 Å². The van der Waals surface area contributed by atoms with Crippen LogP contribution in [0.25, 0.3) is 10.2 Å². The molecule has 2 heterocycles. The fourth-order valence-corrected chi connectivity index (χ4v) is 2.76. The molecule has 3 rings (SSSR count). The van der Waals surface area contributed by atoms with E-state index in [-0.39, 0.29) is 17.4 Å². The molecule has 3 N–H and O–H groups in total. The number of benzene rings is 1. The SMILES string of the molecule is NCCCC(=O)Nc1nc2cc3c(cc2s1)OC(F)(F)O3. The van der Waals surface area contributed by atoms with Crippen molar-refractivity contribution in [2.75, 3.05) is 11.9 Å². The summed E-state index contributed by atoms with van der Waals surface area (Å²) in [5.74, 6) is -0.304. The van der Waals surface area contributed by atoms with Crippen LogP contribution in [0, 0.1) is 0 Å². The highest BCUT2D eigenvalue weighted by Gasteiger charge is 2.43. The second kappa shape index (κ2) is 5.08. The van der Waals surface area contributed by atoms with Gasteiger partial charge in [-0.1, -0.05) is 11.3 Å². The average Bonchev–Trinajstić information content (AvgIpc) is 2.90. The Morgan fingerprint density at radius 3 is 2.81 bits per heavy atom. The molecule has 112 valence electrons. The van der Waals surface area contributed by atoms with Crippen molar-refractivity contribution in [3.8, 4) is 11.5 Å². The van der Waals surface area contributed by atoms with Gasteiger partial charge in [0, 0.05) is 18.6 Å². The first-order valence-electron chi connectivity index (χ1n) is 6.17. The number of hydrogen-bond acceptors (Lipinski definition) is 6. The second-order valence-electron chi connectivity index (χ2n) is 4.39. The zero-order chi connectivity index (χ0) is 15.0. The van der Waals surface area contributed by atoms with E-state index in [9.17, 15) is 13.6 Å². The van der Waals surface area contributed by atoms with E-state index in [4.69, 9.17) is 5.73 Å². The van der Waals surface area contributed by atoms with E-state index in [1.165, 1.54) is 23.5 Å². The van der Waals surface area contributed by atoms with Gasteiger partial charge in [0.05, 0.1) is 10.2 Å². The fraction of sp³-hybridized carbons (Fsp3) is 0.333. The van der Waals surface area contributed by atoms with Crippen molar-refractivity contribution < 1.29 is 23.0 Å². The van der Waals surface area contributed by atoms with Crippen LogP contribution < -0.4 is 20.5 Å². The first kappa shape index (κ1) is 14.0. The summed E-state index contributed by atoms with van der Waals surface area (Å²) in [7, 11) is 0. The first-order valence-corrected chi connectivity index (χ1v) is 6.99. The number of rotatable bonds is 4. The maximum atomic E-state index is 12.9. The summed E-state index contributed by atoms with van der Waals surface area (Å²) in [6.45, 7) is 0.433. The molecule has 0 fully saturated rings. The Morgan fingerprint density at radius 1 is 1.38 bits per heavy atom. The third-order valence-corrected chi connectivity index (χ3v) is 3.70. The van der Waals surface area contributed by atoms with E-state index >= 15 is 0 Å². The van der Waals surface area contributed by atoms with Gasteiger partial charge in [0.15, 0.2) is 16.6 Å². The summed E-state index contributed by atoms with van der Waals surface area (Å²) in [4.78, 5) is 15.7. The van der Waals surface area contributed by atoms with Gasteiger partial charge in [0.2, 0.25) is 5.91 Å². The van der Waals surface area contributed by atoms with Crippen molar-refractivity contribution in [1.82, 2.24) is 4.98 Å². The quantitative estimate of drug-likeness (QED) is 0.904. The van der Waals surface area contributed by atoms with Crippen LogP contribution in [0.15, 0.2) is 12.1 Å². The van der Waals surface area contributed by atoms with E-state index in [0.717, 1.165) is 0 Å². The molecule has 0 saturated carbocycles. The van der Waals surface area contributed by atoms with E-state index in [1.807, 2.05) is 0 Å². The van der Waals surface area contributed by atoms with Crippen molar-refractivity contribution in [3.05, 3.63) is 12.1 Å². The van der Waals surface area contributed by atoms with Crippen molar-refractivity contribution in [2.45, 2.75) is 19.1 Å². The molecule has 6 nitrogen and oxygen atoms in total. The van der Waals surface area contributed by atoms with E-state index in [0.29, 0.717) is 34.7 Å². The predicted molar refractivity (Wildman–Crippen MR) is 72.7 cm³/mol. The lowest BCUT2D eigenvalue weighted by molar-refractivity contribution is -0.286. The fourth-order valence-electron chi connectivity index (χ4n) is 1.87. The van der Waals surface area contributed by atoms with Crippen molar-refractivity contribution >= 4 is 32.6 Å². The number of fused-ring (bicyclic) bond motifs is 2. The molecule has 0 spiro atoms. The van der Waals surface area contributed by atoms with Crippen LogP contribution in [0.4, 0.5) is 13.9 Å². The highest BCUT2D eigenvalue weighted by Crippen LogP contribution is 2.44. The molecule has 0 aliphatic carbocycles. The lowest BCUT2D eigenvalue weighted by atomic mass is 10.3. The monoisotopic (exact) mass is 315 g/mol. The molecule has 0 bridgehead atoms. The maximum Gasteiger partial charge on any atom is 0.586 e. The summed E-state index contributed by atoms with van der Waals surface area (Å²) < 4.78 is 35.2. The highest BCUT2D eigenvalue weighted by atomic mass is 32.1. The van der Waals surface area contributed by atoms with Crippen molar-refractivity contribution in [2.24, 2.45) is 5.73 Å². The van der Waals surface area contributed by atoms with Crippen LogP contribution in [-0.4, -0.2) is 23.7 Å². The number of carbonyl (C=O) groups excluding carboxylic acids is 1. The summed E-state index contributed by atoms with van der Waals surface area (Å²) >= 11 is 1.17. The van der Waals surface area contributed by atoms with Crippen LogP contribution in [0.2, 0.25) is 0 Å². The van der Waals surface area contributed by atoms with Crippen LogP contribution in [0.5, 0.6) is 11.5 Å². The van der Waals surface area contributed by atoms with Crippen LogP contribution in [0.1, 0.15) is 12.8 Å². The Balaban J connectivity index is 1.81. The summed E-state index contributed by atoms with van der Waals surface area (Å²) in [5, 5.41) is 3.03. The second-order valence-corrected chi connectivity index (χ2v) is 5.42. The van der Waals surface area contributed by atoms with Crippen LogP contribution in [0.3, 0.4) is 0 Å². The zero-order valence-electron chi connectivity index (χ0n) is 10.7. The number of ether oxygens (including phenoxy) is 2. The number of nitrogens with two attached hydrogens (primary N) is 1. The number of carbonyl (C=O) groups is 1. The third-order valence-electron chi connectivity index (χ3n) is 2.77. The predicted octanol–water partition coefficient (Wildman–Crippen LogP) is 2.30. The summed E-state index contributed by atoms with van der Waals surface area (Å²) in [5.41, 5.74) is 5.78. The molecule has 0 unspecified atom stereocenters. The Labute approximate surface area is 121 Å². The minimum absolute atomic E-state index is 0.0443. The Kier molecular flexibility index (Phi) is 3.38. The van der Waals surface area contributed by atoms with Gasteiger partial charge < -0.3 is 20.5 Å². The maximum absolute atomic E-state index is 12.9. The molecule has 0 atom stereocenters. The molecule has 2 aromatic rings. The van der Waals surface area contributed by atoms with Gasteiger partial charge >= 0.3 is 6.29 Å². The minimum atomic E-state index is -3.65. The number of nitrogens with zero attached hydrogens (tertiary/aromatic N) is 1. The van der Waals surface area contributed by atoms with Crippen LogP contribution in [-0.2, 0) is 4.79 Å². The number of amides is 1. The van der Waals surface area contributed by atoms with Gasteiger partial charge in [-0.3, -0.25) is 4.79 Å². The molecule has 0 radical (unpaired) electrons. The molecule has 21 heavy (non-hydrogen) atoms. The minimum Gasteiger partial charge on any atom is -0.395 e. The van der Waals surface area contributed by atoms with Gasteiger partial charge in [-0.2, -0.15) is 0 Å². The first-order chi connectivity index (χ1) is 9.97. The Bertz CT molecular complexity index is 659. The number of nitrogens with one attached hydrogen (secondary N) is 1. The largest absolute Gasteiger partial charge is 0.586 e. The molecule has 1 aromatic carbocycles. The standard InChI is InChI=1S/C12H11F2N3O3S/c13-12(14)19-7-4-6-9(5-8(7)20-12)21-11(16-6)17-10(18)2-1-3-15/h4-5H,1-3,15H2,(H,16,17,18). The van der Waals surface area contributed by atoms with Gasteiger partial charge in [0.25, 0.3) is 0 Å². The summed E-state index contributed by atoms with van der Waals surface area (Å²) in [6.07, 6.45) is -2.76. The number of aromatic nitrogens is 1. The molecule has 1 aromatic heterocycles. The lowest BCUT2D eigenvalue weighted by Crippen LogP contribution is -2.25. The number of thiazole rings is 1. The third kappa shape index (κ3) is 2.88. The number of anilines is 1. The number of alkyl halides is 2. The van der Waals surface area contributed by atoms with E-state index in [2.05, 4.69) is 19.8 Å². The van der Waals surface area contributed by atoms with E-state index in [1.54, 1.807) is 0 Å². The highest BCUT2D eigenvalue weighted by molar-refractivity contribution is 7.22.